The minimum atomic E-state index is -4.37. The Hall–Kier alpha value is -3.50. The van der Waals surface area contributed by atoms with Gasteiger partial charge in [-0.15, -0.1) is 11.3 Å². The number of amides is 4. The van der Waals surface area contributed by atoms with Gasteiger partial charge in [0, 0.05) is 12.6 Å². The zero-order chi connectivity index (χ0) is 37.4. The lowest BCUT2D eigenvalue weighted by molar-refractivity contribution is -0.143. The van der Waals surface area contributed by atoms with Crippen LogP contribution in [0.1, 0.15) is 98.0 Å². The molecule has 4 amide bonds. The molecule has 16 heteroatoms. The van der Waals surface area contributed by atoms with Crippen molar-refractivity contribution >= 4 is 55.7 Å². The maximum Gasteiger partial charge on any atom is 0.408 e. The molecule has 2 aromatic heterocycles. The molecule has 5 atom stereocenters. The van der Waals surface area contributed by atoms with Crippen LogP contribution >= 0.6 is 11.3 Å². The molecular formula is C36H51N5O9S2. The highest BCUT2D eigenvalue weighted by Gasteiger charge is 2.62. The summed E-state index contributed by atoms with van der Waals surface area (Å²) in [6, 6.07) is 1.82. The number of nitrogens with zero attached hydrogens (tertiary/aromatic N) is 2. The average molecular weight is 762 g/mol. The molecule has 0 unspecified atom stereocenters. The van der Waals surface area contributed by atoms with Crippen LogP contribution in [0.5, 0.6) is 5.88 Å². The summed E-state index contributed by atoms with van der Waals surface area (Å²) in [7, 11) is -4.37. The van der Waals surface area contributed by atoms with Crippen LogP contribution in [0.25, 0.3) is 10.2 Å². The van der Waals surface area contributed by atoms with Crippen LogP contribution in [0.15, 0.2) is 17.5 Å². The van der Waals surface area contributed by atoms with Crippen molar-refractivity contribution < 1.29 is 41.3 Å². The predicted octanol–water partition coefficient (Wildman–Crippen LogP) is 4.36. The topological polar surface area (TPSA) is 182 Å². The van der Waals surface area contributed by atoms with E-state index in [1.165, 1.54) is 4.90 Å². The normalized spacial score (nSPS) is 25.5. The van der Waals surface area contributed by atoms with E-state index in [1.807, 2.05) is 56.9 Å². The Morgan fingerprint density at radius 3 is 2.46 bits per heavy atom. The number of likely N-dealkylation sites (tertiary alicyclic amines) is 1. The second-order valence-electron chi connectivity index (χ2n) is 15.7. The molecule has 4 aliphatic rings. The number of pyridine rings is 1. The minimum absolute atomic E-state index is 0.175. The molecule has 52 heavy (non-hydrogen) atoms. The lowest BCUT2D eigenvalue weighted by atomic mass is 9.85. The minimum Gasteiger partial charge on any atom is -0.478 e. The maximum atomic E-state index is 14.6. The SMILES string of the molecule is CCOc1cc(C[C@@H]2C[C@@H](C(=O)N[C@]3(C(=O)NS(=O)(=O)OC4CC4)C[C@H]3CC)N(C(=O)[C@@H](NC(=O)OC3CCCC3)C(C)(C)C)C2)c2sccc2n1. The molecule has 14 nitrogen and oxygen atoms in total. The Balaban J connectivity index is 1.26. The number of ether oxygens (including phenoxy) is 2. The fourth-order valence-electron chi connectivity index (χ4n) is 7.55. The molecule has 6 rings (SSSR count). The van der Waals surface area contributed by atoms with E-state index in [0.29, 0.717) is 38.2 Å². The van der Waals surface area contributed by atoms with Crippen molar-refractivity contribution in [1.29, 1.82) is 0 Å². The summed E-state index contributed by atoms with van der Waals surface area (Å²) in [5.41, 5.74) is -0.424. The quantitative estimate of drug-likeness (QED) is 0.250. The molecule has 3 aliphatic carbocycles. The lowest BCUT2D eigenvalue weighted by Crippen LogP contribution is -2.60. The van der Waals surface area contributed by atoms with E-state index in [4.69, 9.17) is 13.7 Å². The molecule has 0 spiro atoms. The molecule has 3 heterocycles. The molecule has 3 N–H and O–H groups in total. The molecule has 3 saturated carbocycles. The van der Waals surface area contributed by atoms with E-state index in [-0.39, 0.29) is 37.3 Å². The van der Waals surface area contributed by atoms with Crippen LogP contribution in [0.2, 0.25) is 0 Å². The molecule has 0 aromatic carbocycles. The number of rotatable bonds is 14. The van der Waals surface area contributed by atoms with E-state index < -0.39 is 63.3 Å². The molecule has 4 fully saturated rings. The molecule has 0 bridgehead atoms. The Morgan fingerprint density at radius 1 is 1.10 bits per heavy atom. The zero-order valence-corrected chi connectivity index (χ0v) is 32.2. The third-order valence-corrected chi connectivity index (χ3v) is 12.5. The lowest BCUT2D eigenvalue weighted by Gasteiger charge is -2.35. The highest BCUT2D eigenvalue weighted by molar-refractivity contribution is 7.85. The third kappa shape index (κ3) is 8.65. The number of hydrogen-bond donors (Lipinski definition) is 3. The number of alkyl carbamates (subject to hydrolysis) is 1. The first-order valence-corrected chi connectivity index (χ1v) is 20.8. The molecule has 0 radical (unpaired) electrons. The summed E-state index contributed by atoms with van der Waals surface area (Å²) in [5.74, 6) is -1.84. The van der Waals surface area contributed by atoms with Crippen molar-refractivity contribution in [3.05, 3.63) is 23.1 Å². The Kier molecular flexibility index (Phi) is 11.1. The maximum absolute atomic E-state index is 14.6. The Morgan fingerprint density at radius 2 is 1.83 bits per heavy atom. The van der Waals surface area contributed by atoms with E-state index in [2.05, 4.69) is 15.6 Å². The summed E-state index contributed by atoms with van der Waals surface area (Å²) >= 11 is 1.56. The van der Waals surface area contributed by atoms with Gasteiger partial charge in [0.2, 0.25) is 17.7 Å². The summed E-state index contributed by atoms with van der Waals surface area (Å²) in [5, 5.41) is 7.66. The van der Waals surface area contributed by atoms with Gasteiger partial charge in [-0.05, 0) is 99.0 Å². The van der Waals surface area contributed by atoms with Gasteiger partial charge in [0.1, 0.15) is 23.7 Å². The summed E-state index contributed by atoms with van der Waals surface area (Å²) in [6.45, 7) is 9.93. The fraction of sp³-hybridized carbons (Fsp3) is 0.694. The van der Waals surface area contributed by atoms with Gasteiger partial charge in [0.25, 0.3) is 5.91 Å². The van der Waals surface area contributed by atoms with Crippen molar-refractivity contribution in [1.82, 2.24) is 25.2 Å². The number of carbonyl (C=O) groups is 4. The van der Waals surface area contributed by atoms with Crippen LogP contribution in [-0.2, 0) is 40.0 Å². The van der Waals surface area contributed by atoms with Gasteiger partial charge in [-0.25, -0.2) is 14.5 Å². The van der Waals surface area contributed by atoms with Crippen molar-refractivity contribution in [3.63, 3.8) is 0 Å². The number of hydrogen-bond acceptors (Lipinski definition) is 11. The highest BCUT2D eigenvalue weighted by atomic mass is 32.2. The fourth-order valence-corrected chi connectivity index (χ4v) is 9.42. The summed E-state index contributed by atoms with van der Waals surface area (Å²) in [4.78, 5) is 61.7. The van der Waals surface area contributed by atoms with Crippen molar-refractivity contribution in [2.45, 2.75) is 129 Å². The third-order valence-electron chi connectivity index (χ3n) is 10.5. The number of aromatic nitrogens is 1. The number of carbonyl (C=O) groups excluding carboxylic acids is 4. The summed E-state index contributed by atoms with van der Waals surface area (Å²) in [6.07, 6.45) is 4.92. The van der Waals surface area contributed by atoms with E-state index in [9.17, 15) is 27.6 Å². The zero-order valence-electron chi connectivity index (χ0n) is 30.6. The van der Waals surface area contributed by atoms with Crippen LogP contribution in [0, 0.1) is 17.3 Å². The van der Waals surface area contributed by atoms with Crippen molar-refractivity contribution in [2.24, 2.45) is 17.3 Å². The first-order valence-electron chi connectivity index (χ1n) is 18.5. The highest BCUT2D eigenvalue weighted by Crippen LogP contribution is 2.47. The second kappa shape index (κ2) is 15.1. The molecule has 1 aliphatic heterocycles. The van der Waals surface area contributed by atoms with Gasteiger partial charge in [-0.1, -0.05) is 34.1 Å². The molecule has 1 saturated heterocycles. The number of thiophene rings is 1. The van der Waals surface area contributed by atoms with Crippen LogP contribution < -0.4 is 20.1 Å². The van der Waals surface area contributed by atoms with Crippen LogP contribution in [-0.4, -0.2) is 85.1 Å². The average Bonchev–Trinajstić information content (AvgIpc) is 3.75. The van der Waals surface area contributed by atoms with E-state index >= 15 is 0 Å². The predicted molar refractivity (Wildman–Crippen MR) is 194 cm³/mol. The Bertz CT molecular complexity index is 1780. The van der Waals surface area contributed by atoms with E-state index in [1.54, 1.807) is 11.3 Å². The van der Waals surface area contributed by atoms with Crippen LogP contribution in [0.3, 0.4) is 0 Å². The molecular weight excluding hydrogens is 711 g/mol. The number of nitrogens with one attached hydrogen (secondary N) is 3. The van der Waals surface area contributed by atoms with Gasteiger partial charge in [-0.2, -0.15) is 8.42 Å². The molecule has 286 valence electrons. The van der Waals surface area contributed by atoms with Gasteiger partial charge >= 0.3 is 16.4 Å². The molecule has 2 aromatic rings. The first-order chi connectivity index (χ1) is 24.6. The van der Waals surface area contributed by atoms with Gasteiger partial charge in [0.05, 0.1) is 22.9 Å². The standard InChI is InChI=1S/C36H51N5O9S2/c1-6-23-19-36(23,33(44)40-52(46,47)50-25-12-13-25)39-31(42)27-17-21(16-22-18-28(48-7-2)37-26-14-15-51-29(22)26)20-41(27)32(43)30(35(3,4)5)38-34(45)49-24-10-8-9-11-24/h14-15,18,21,23-25,27,30H,6-13,16-17,19-20H2,1-5H3,(H,38,45)(H,39,42)(H,40,44)/t21-,23-,27+,30-,36-/m1/s1. The monoisotopic (exact) mass is 761 g/mol. The van der Waals surface area contributed by atoms with E-state index in [0.717, 1.165) is 41.5 Å². The smallest absolute Gasteiger partial charge is 0.408 e. The van der Waals surface area contributed by atoms with Crippen molar-refractivity contribution in [2.75, 3.05) is 13.2 Å². The van der Waals surface area contributed by atoms with Gasteiger partial charge < -0.3 is 25.0 Å². The first kappa shape index (κ1) is 38.2. The Labute approximate surface area is 309 Å². The second-order valence-corrected chi connectivity index (χ2v) is 17.9. The van der Waals surface area contributed by atoms with Gasteiger partial charge in [-0.3, -0.25) is 18.6 Å². The van der Waals surface area contributed by atoms with Crippen molar-refractivity contribution in [3.8, 4) is 5.88 Å². The van der Waals surface area contributed by atoms with Crippen LogP contribution in [0.4, 0.5) is 4.79 Å². The summed E-state index contributed by atoms with van der Waals surface area (Å²) < 4.78 is 44.6. The largest absolute Gasteiger partial charge is 0.478 e. The number of fused-ring (bicyclic) bond motifs is 1. The van der Waals surface area contributed by atoms with Gasteiger partial charge in [0.15, 0.2) is 0 Å².